The highest BCUT2D eigenvalue weighted by Gasteiger charge is 2.28. The van der Waals surface area contributed by atoms with Gasteiger partial charge in [-0.05, 0) is 40.2 Å². The van der Waals surface area contributed by atoms with Gasteiger partial charge < -0.3 is 10.1 Å². The van der Waals surface area contributed by atoms with Crippen LogP contribution >= 0.6 is 23.1 Å². The Morgan fingerprint density at radius 3 is 2.67 bits per heavy atom. The third-order valence-electron chi connectivity index (χ3n) is 5.03. The number of amides is 1. The number of thiophene rings is 1. The number of carbonyl (C=O) groups excluding carboxylic acids is 1. The van der Waals surface area contributed by atoms with E-state index in [1.165, 1.54) is 22.2 Å². The van der Waals surface area contributed by atoms with E-state index in [-0.39, 0.29) is 11.4 Å². The molecular weight excluding hydrogens is 380 g/mol. The number of aromatic nitrogens is 2. The van der Waals surface area contributed by atoms with Crippen LogP contribution in [0.25, 0.3) is 10.2 Å². The second-order valence-electron chi connectivity index (χ2n) is 7.52. The van der Waals surface area contributed by atoms with Gasteiger partial charge in [-0.3, -0.25) is 9.69 Å². The smallest absolute Gasteiger partial charge is 0.230 e. The molecule has 1 N–H and O–H groups in total. The minimum atomic E-state index is -0.0794. The molecule has 1 fully saturated rings. The molecule has 6 nitrogen and oxygen atoms in total. The van der Waals surface area contributed by atoms with Crippen molar-refractivity contribution in [2.45, 2.75) is 45.2 Å². The van der Waals surface area contributed by atoms with Crippen LogP contribution in [0.3, 0.4) is 0 Å². The number of rotatable bonds is 6. The van der Waals surface area contributed by atoms with Gasteiger partial charge in [0, 0.05) is 35.4 Å². The zero-order chi connectivity index (χ0) is 19.6. The molecule has 148 valence electrons. The van der Waals surface area contributed by atoms with Crippen LogP contribution in [0.4, 0.5) is 0 Å². The highest BCUT2D eigenvalue weighted by atomic mass is 32.2. The molecule has 1 saturated heterocycles. The lowest BCUT2D eigenvalue weighted by Crippen LogP contribution is -2.55. The summed E-state index contributed by atoms with van der Waals surface area (Å²) in [6, 6.07) is 0. The molecule has 3 rings (SSSR count). The zero-order valence-corrected chi connectivity index (χ0v) is 18.4. The van der Waals surface area contributed by atoms with Gasteiger partial charge in [0.2, 0.25) is 5.91 Å². The van der Waals surface area contributed by atoms with Gasteiger partial charge in [0.1, 0.15) is 15.7 Å². The fourth-order valence-electron chi connectivity index (χ4n) is 3.20. The van der Waals surface area contributed by atoms with E-state index >= 15 is 0 Å². The maximum Gasteiger partial charge on any atom is 0.230 e. The molecule has 2 aromatic heterocycles. The number of ether oxygens (including phenoxy) is 1. The van der Waals surface area contributed by atoms with E-state index in [1.54, 1.807) is 11.3 Å². The molecule has 0 radical (unpaired) electrons. The van der Waals surface area contributed by atoms with Crippen molar-refractivity contribution in [3.63, 3.8) is 0 Å². The molecule has 0 bridgehead atoms. The first-order valence-corrected chi connectivity index (χ1v) is 11.0. The lowest BCUT2D eigenvalue weighted by Gasteiger charge is -2.40. The second-order valence-corrected chi connectivity index (χ2v) is 9.68. The zero-order valence-electron chi connectivity index (χ0n) is 16.7. The molecule has 0 aliphatic carbocycles. The predicted molar refractivity (Wildman–Crippen MR) is 112 cm³/mol. The Bertz CT molecular complexity index is 829. The topological polar surface area (TPSA) is 67.4 Å². The van der Waals surface area contributed by atoms with E-state index in [9.17, 15) is 4.79 Å². The maximum atomic E-state index is 12.4. The van der Waals surface area contributed by atoms with Gasteiger partial charge in [0.25, 0.3) is 0 Å². The van der Waals surface area contributed by atoms with Crippen molar-refractivity contribution in [1.82, 2.24) is 20.2 Å². The summed E-state index contributed by atoms with van der Waals surface area (Å²) >= 11 is 3.19. The standard InChI is InChI=1S/C19H28N4O2S2/c1-12-13(2)27-18-16(12)17(21-14(3)22-18)26-10-15(24)20-11-19(4,5)23-6-8-25-9-7-23/h6-11H2,1-5H3,(H,20,24). The number of carbonyl (C=O) groups is 1. The molecular formula is C19H28N4O2S2. The highest BCUT2D eigenvalue weighted by Crippen LogP contribution is 2.35. The summed E-state index contributed by atoms with van der Waals surface area (Å²) in [5, 5.41) is 5.09. The van der Waals surface area contributed by atoms with Crippen molar-refractivity contribution >= 4 is 39.2 Å². The fraction of sp³-hybridized carbons (Fsp3) is 0.632. The average Bonchev–Trinajstić information content (AvgIpc) is 2.92. The molecule has 1 amide bonds. The van der Waals surface area contributed by atoms with Crippen molar-refractivity contribution in [1.29, 1.82) is 0 Å². The van der Waals surface area contributed by atoms with Gasteiger partial charge in [-0.25, -0.2) is 9.97 Å². The number of fused-ring (bicyclic) bond motifs is 1. The Hall–Kier alpha value is -1.22. The van der Waals surface area contributed by atoms with E-state index in [4.69, 9.17) is 4.74 Å². The second kappa shape index (κ2) is 8.43. The number of thioether (sulfide) groups is 1. The summed E-state index contributed by atoms with van der Waals surface area (Å²) in [6.45, 7) is 14.4. The van der Waals surface area contributed by atoms with E-state index in [2.05, 4.69) is 47.9 Å². The van der Waals surface area contributed by atoms with Crippen LogP contribution in [0.2, 0.25) is 0 Å². The minimum Gasteiger partial charge on any atom is -0.379 e. The molecule has 0 saturated carbocycles. The van der Waals surface area contributed by atoms with Gasteiger partial charge in [0.15, 0.2) is 0 Å². The molecule has 0 aromatic carbocycles. The SMILES string of the molecule is Cc1nc(SCC(=O)NCC(C)(C)N2CCOCC2)c2c(C)c(C)sc2n1. The van der Waals surface area contributed by atoms with E-state index in [1.807, 2.05) is 6.92 Å². The van der Waals surface area contributed by atoms with E-state index < -0.39 is 0 Å². The van der Waals surface area contributed by atoms with E-state index in [0.717, 1.165) is 47.4 Å². The quantitative estimate of drug-likeness (QED) is 0.586. The molecule has 1 aliphatic heterocycles. The number of nitrogens with one attached hydrogen (secondary N) is 1. The van der Waals surface area contributed by atoms with Crippen molar-refractivity contribution in [3.8, 4) is 0 Å². The van der Waals surface area contributed by atoms with Crippen LogP contribution in [0.15, 0.2) is 5.03 Å². The largest absolute Gasteiger partial charge is 0.379 e. The van der Waals surface area contributed by atoms with E-state index in [0.29, 0.717) is 12.3 Å². The first kappa shape index (κ1) is 20.5. The molecule has 0 unspecified atom stereocenters. The fourth-order valence-corrected chi connectivity index (χ4v) is 5.30. The van der Waals surface area contributed by atoms with Crippen LogP contribution in [0, 0.1) is 20.8 Å². The van der Waals surface area contributed by atoms with Gasteiger partial charge >= 0.3 is 0 Å². The van der Waals surface area contributed by atoms with Crippen LogP contribution in [0.1, 0.15) is 30.1 Å². The van der Waals surface area contributed by atoms with Crippen molar-refractivity contribution < 1.29 is 9.53 Å². The van der Waals surface area contributed by atoms with Crippen molar-refractivity contribution in [2.75, 3.05) is 38.6 Å². The Labute approximate surface area is 169 Å². The van der Waals surface area contributed by atoms with Gasteiger partial charge in [-0.15, -0.1) is 11.3 Å². The number of aryl methyl sites for hydroxylation is 3. The summed E-state index contributed by atoms with van der Waals surface area (Å²) in [5.41, 5.74) is 1.13. The molecule has 0 atom stereocenters. The Kier molecular flexibility index (Phi) is 6.40. The number of morpholine rings is 1. The molecule has 27 heavy (non-hydrogen) atoms. The number of hydrogen-bond donors (Lipinski definition) is 1. The van der Waals surface area contributed by atoms with Crippen LogP contribution in [-0.2, 0) is 9.53 Å². The van der Waals surface area contributed by atoms with Gasteiger partial charge in [-0.1, -0.05) is 11.8 Å². The third kappa shape index (κ3) is 4.80. The van der Waals surface area contributed by atoms with Crippen molar-refractivity contribution in [2.24, 2.45) is 0 Å². The lowest BCUT2D eigenvalue weighted by molar-refractivity contribution is -0.119. The molecule has 3 heterocycles. The average molecular weight is 409 g/mol. The van der Waals surface area contributed by atoms with Crippen LogP contribution in [-0.4, -0.2) is 64.9 Å². The van der Waals surface area contributed by atoms with Crippen LogP contribution in [0.5, 0.6) is 0 Å². The van der Waals surface area contributed by atoms with Crippen molar-refractivity contribution in [3.05, 3.63) is 16.3 Å². The summed E-state index contributed by atoms with van der Waals surface area (Å²) in [7, 11) is 0. The molecule has 2 aromatic rings. The number of nitrogens with zero attached hydrogens (tertiary/aromatic N) is 3. The molecule has 8 heteroatoms. The highest BCUT2D eigenvalue weighted by molar-refractivity contribution is 8.00. The molecule has 1 aliphatic rings. The lowest BCUT2D eigenvalue weighted by atomic mass is 10.0. The summed E-state index contributed by atoms with van der Waals surface area (Å²) in [5.74, 6) is 1.15. The summed E-state index contributed by atoms with van der Waals surface area (Å²) in [4.78, 5) is 26.2. The normalized spacial score (nSPS) is 16.0. The molecule has 0 spiro atoms. The first-order chi connectivity index (χ1) is 12.8. The summed E-state index contributed by atoms with van der Waals surface area (Å²) in [6.07, 6.45) is 0. The monoisotopic (exact) mass is 408 g/mol. The van der Waals surface area contributed by atoms with Crippen LogP contribution < -0.4 is 5.32 Å². The van der Waals surface area contributed by atoms with Gasteiger partial charge in [-0.2, -0.15) is 0 Å². The first-order valence-electron chi connectivity index (χ1n) is 9.24. The predicted octanol–water partition coefficient (Wildman–Crippen LogP) is 2.94. The third-order valence-corrected chi connectivity index (χ3v) is 7.11. The summed E-state index contributed by atoms with van der Waals surface area (Å²) < 4.78 is 5.42. The number of hydrogen-bond acceptors (Lipinski definition) is 7. The van der Waals surface area contributed by atoms with Gasteiger partial charge in [0.05, 0.1) is 19.0 Å². The minimum absolute atomic E-state index is 0.0374. The Morgan fingerprint density at radius 1 is 1.26 bits per heavy atom. The Balaban J connectivity index is 1.60. The maximum absolute atomic E-state index is 12.4. The Morgan fingerprint density at radius 2 is 1.96 bits per heavy atom.